The molecule has 1 unspecified atom stereocenters. The van der Waals surface area contributed by atoms with Crippen molar-refractivity contribution in [3.63, 3.8) is 0 Å². The van der Waals surface area contributed by atoms with Crippen LogP contribution in [-0.4, -0.2) is 17.0 Å². The number of carbonyl (C=O) groups is 2. The predicted octanol–water partition coefficient (Wildman–Crippen LogP) is 3.14. The summed E-state index contributed by atoms with van der Waals surface area (Å²) >= 11 is 0. The van der Waals surface area contributed by atoms with Crippen molar-refractivity contribution in [3.8, 4) is 0 Å². The van der Waals surface area contributed by atoms with E-state index in [1.54, 1.807) is 13.8 Å². The number of hydrogen-bond acceptors (Lipinski definition) is 2. The highest BCUT2D eigenvalue weighted by molar-refractivity contribution is 5.84. The molecule has 1 amide bonds. The molecule has 0 aliphatic rings. The van der Waals surface area contributed by atoms with E-state index in [4.69, 9.17) is 5.11 Å². The van der Waals surface area contributed by atoms with Crippen LogP contribution in [0.4, 0.5) is 0 Å². The van der Waals surface area contributed by atoms with Crippen LogP contribution in [0.1, 0.15) is 51.6 Å². The van der Waals surface area contributed by atoms with Crippen molar-refractivity contribution < 1.29 is 14.7 Å². The lowest BCUT2D eigenvalue weighted by Gasteiger charge is -2.22. The van der Waals surface area contributed by atoms with Gasteiger partial charge < -0.3 is 10.4 Å². The number of aliphatic carboxylic acids is 1. The van der Waals surface area contributed by atoms with Crippen LogP contribution in [0.3, 0.4) is 0 Å². The highest BCUT2D eigenvalue weighted by Gasteiger charge is 2.30. The molecule has 4 nitrogen and oxygen atoms in total. The summed E-state index contributed by atoms with van der Waals surface area (Å²) in [7, 11) is 0. The Morgan fingerprint density at radius 1 is 1.25 bits per heavy atom. The minimum absolute atomic E-state index is 0.0185. The van der Waals surface area contributed by atoms with Crippen molar-refractivity contribution in [2.45, 2.75) is 46.1 Å². The van der Waals surface area contributed by atoms with E-state index in [-0.39, 0.29) is 18.4 Å². The third-order valence-electron chi connectivity index (χ3n) is 3.30. The largest absolute Gasteiger partial charge is 0.481 e. The van der Waals surface area contributed by atoms with Gasteiger partial charge in [0.15, 0.2) is 0 Å². The van der Waals surface area contributed by atoms with E-state index in [0.717, 1.165) is 18.4 Å². The fourth-order valence-electron chi connectivity index (χ4n) is 2.02. The van der Waals surface area contributed by atoms with Gasteiger partial charge in [0, 0.05) is 6.42 Å². The van der Waals surface area contributed by atoms with Gasteiger partial charge in [-0.3, -0.25) is 9.59 Å². The molecule has 0 spiro atoms. The van der Waals surface area contributed by atoms with Gasteiger partial charge in [0.05, 0.1) is 11.5 Å². The number of carboxylic acids is 1. The van der Waals surface area contributed by atoms with Crippen molar-refractivity contribution in [2.24, 2.45) is 5.41 Å². The molecule has 0 saturated heterocycles. The molecule has 110 valence electrons. The minimum Gasteiger partial charge on any atom is -0.481 e. The first-order valence-corrected chi connectivity index (χ1v) is 6.94. The lowest BCUT2D eigenvalue weighted by Crippen LogP contribution is -2.35. The lowest BCUT2D eigenvalue weighted by molar-refractivity contribution is -0.149. The summed E-state index contributed by atoms with van der Waals surface area (Å²) in [4.78, 5) is 23.1. The predicted molar refractivity (Wildman–Crippen MR) is 78.3 cm³/mol. The number of benzene rings is 1. The average Bonchev–Trinajstić information content (AvgIpc) is 2.38. The third-order valence-corrected chi connectivity index (χ3v) is 3.30. The second-order valence-electron chi connectivity index (χ2n) is 5.69. The van der Waals surface area contributed by atoms with Crippen LogP contribution in [0.15, 0.2) is 30.3 Å². The zero-order valence-electron chi connectivity index (χ0n) is 12.3. The van der Waals surface area contributed by atoms with Crippen LogP contribution >= 0.6 is 0 Å². The smallest absolute Gasteiger partial charge is 0.309 e. The molecule has 1 aromatic carbocycles. The number of amides is 1. The van der Waals surface area contributed by atoms with Crippen LogP contribution in [0, 0.1) is 5.41 Å². The normalized spacial score (nSPS) is 12.8. The van der Waals surface area contributed by atoms with Gasteiger partial charge in [0.1, 0.15) is 0 Å². The average molecular weight is 277 g/mol. The van der Waals surface area contributed by atoms with Crippen molar-refractivity contribution in [2.75, 3.05) is 0 Å². The maximum atomic E-state index is 12.0. The summed E-state index contributed by atoms with van der Waals surface area (Å²) < 4.78 is 0. The van der Waals surface area contributed by atoms with E-state index in [0.29, 0.717) is 0 Å². The Bertz CT molecular complexity index is 454. The van der Waals surface area contributed by atoms with Crippen LogP contribution < -0.4 is 5.32 Å². The number of nitrogens with one attached hydrogen (secondary N) is 1. The van der Waals surface area contributed by atoms with Gasteiger partial charge in [-0.05, 0) is 25.8 Å². The molecule has 0 saturated carbocycles. The molecule has 0 radical (unpaired) electrons. The number of hydrogen-bond donors (Lipinski definition) is 2. The Morgan fingerprint density at radius 3 is 2.35 bits per heavy atom. The Morgan fingerprint density at radius 2 is 1.85 bits per heavy atom. The van der Waals surface area contributed by atoms with Gasteiger partial charge in [-0.1, -0.05) is 43.7 Å². The summed E-state index contributed by atoms with van der Waals surface area (Å²) in [5, 5.41) is 12.0. The zero-order valence-corrected chi connectivity index (χ0v) is 12.3. The summed E-state index contributed by atoms with van der Waals surface area (Å²) in [6.45, 7) is 5.18. The number of carboxylic acid groups (broad SMARTS) is 1. The quantitative estimate of drug-likeness (QED) is 0.804. The Labute approximate surface area is 120 Å². The SMILES string of the molecule is CCCC(NC(=O)CC(C)(C)C(=O)O)c1ccccc1. The molecule has 4 heteroatoms. The highest BCUT2D eigenvalue weighted by atomic mass is 16.4. The Hall–Kier alpha value is -1.84. The zero-order chi connectivity index (χ0) is 15.2. The topological polar surface area (TPSA) is 66.4 Å². The standard InChI is InChI=1S/C16H23NO3/c1-4-8-13(12-9-6-5-7-10-12)17-14(18)11-16(2,3)15(19)20/h5-7,9-10,13H,4,8,11H2,1-3H3,(H,17,18)(H,19,20). The summed E-state index contributed by atoms with van der Waals surface area (Å²) in [5.74, 6) is -1.18. The molecular weight excluding hydrogens is 254 g/mol. The highest BCUT2D eigenvalue weighted by Crippen LogP contribution is 2.23. The van der Waals surface area contributed by atoms with Crippen LogP contribution in [0.25, 0.3) is 0 Å². The molecule has 0 bridgehead atoms. The van der Waals surface area contributed by atoms with Gasteiger partial charge >= 0.3 is 5.97 Å². The molecule has 20 heavy (non-hydrogen) atoms. The lowest BCUT2D eigenvalue weighted by atomic mass is 9.89. The molecule has 2 N–H and O–H groups in total. The van der Waals surface area contributed by atoms with E-state index in [9.17, 15) is 9.59 Å². The maximum absolute atomic E-state index is 12.0. The second kappa shape index (κ2) is 7.08. The van der Waals surface area contributed by atoms with Crippen LogP contribution in [0.5, 0.6) is 0 Å². The Balaban J connectivity index is 2.72. The molecular formula is C16H23NO3. The first-order valence-electron chi connectivity index (χ1n) is 6.94. The van der Waals surface area contributed by atoms with Gasteiger partial charge in [0.25, 0.3) is 0 Å². The first-order chi connectivity index (χ1) is 9.36. The van der Waals surface area contributed by atoms with E-state index in [1.165, 1.54) is 0 Å². The van der Waals surface area contributed by atoms with Crippen molar-refractivity contribution >= 4 is 11.9 Å². The fourth-order valence-corrected chi connectivity index (χ4v) is 2.02. The summed E-state index contributed by atoms with van der Waals surface area (Å²) in [6.07, 6.45) is 1.76. The maximum Gasteiger partial charge on any atom is 0.309 e. The van der Waals surface area contributed by atoms with E-state index < -0.39 is 11.4 Å². The molecule has 0 aliphatic carbocycles. The third kappa shape index (κ3) is 4.68. The summed E-state index contributed by atoms with van der Waals surface area (Å²) in [6, 6.07) is 9.70. The fraction of sp³-hybridized carbons (Fsp3) is 0.500. The molecule has 0 aromatic heterocycles. The number of carbonyl (C=O) groups excluding carboxylic acids is 1. The molecule has 1 atom stereocenters. The molecule has 1 aromatic rings. The summed E-state index contributed by atoms with van der Waals surface area (Å²) in [5.41, 5.74) is 0.00758. The van der Waals surface area contributed by atoms with Crippen molar-refractivity contribution in [3.05, 3.63) is 35.9 Å². The van der Waals surface area contributed by atoms with Crippen LogP contribution in [0.2, 0.25) is 0 Å². The minimum atomic E-state index is -1.04. The van der Waals surface area contributed by atoms with Crippen molar-refractivity contribution in [1.29, 1.82) is 0 Å². The van der Waals surface area contributed by atoms with Gasteiger partial charge in [-0.2, -0.15) is 0 Å². The van der Waals surface area contributed by atoms with E-state index >= 15 is 0 Å². The Kier molecular flexibility index (Phi) is 5.74. The molecule has 0 aliphatic heterocycles. The van der Waals surface area contributed by atoms with E-state index in [1.807, 2.05) is 30.3 Å². The van der Waals surface area contributed by atoms with Crippen LogP contribution in [-0.2, 0) is 9.59 Å². The first kappa shape index (κ1) is 16.2. The van der Waals surface area contributed by atoms with E-state index in [2.05, 4.69) is 12.2 Å². The molecule has 0 fully saturated rings. The van der Waals surface area contributed by atoms with Gasteiger partial charge in [0.2, 0.25) is 5.91 Å². The number of rotatable bonds is 7. The molecule has 0 heterocycles. The second-order valence-corrected chi connectivity index (χ2v) is 5.69. The van der Waals surface area contributed by atoms with Crippen molar-refractivity contribution in [1.82, 2.24) is 5.32 Å². The molecule has 1 rings (SSSR count). The monoisotopic (exact) mass is 277 g/mol. The van der Waals surface area contributed by atoms with Gasteiger partial charge in [-0.25, -0.2) is 0 Å². The van der Waals surface area contributed by atoms with Gasteiger partial charge in [-0.15, -0.1) is 0 Å².